The lowest BCUT2D eigenvalue weighted by Gasteiger charge is -2.40. The molecular weight excluding hydrogens is 405 g/mol. The van der Waals surface area contributed by atoms with Crippen molar-refractivity contribution in [3.63, 3.8) is 0 Å². The predicted octanol–water partition coefficient (Wildman–Crippen LogP) is 0.170. The summed E-state index contributed by atoms with van der Waals surface area (Å²) in [4.78, 5) is 0. The van der Waals surface area contributed by atoms with E-state index in [0.717, 1.165) is 0 Å². The van der Waals surface area contributed by atoms with Gasteiger partial charge < -0.3 is 0 Å². The number of hydrogen-bond donors (Lipinski definition) is 0. The molecule has 0 saturated heterocycles. The monoisotopic (exact) mass is 428 g/mol. The SMILES string of the molecule is Cc1cc2c3c(c1)B(c1ccccc1)c1ccccc1B3c1ccccc1B2c1ccccc1. The largest absolute Gasteiger partial charge is 0.240 e. The maximum absolute atomic E-state index is 2.45. The molecule has 0 bridgehead atoms. The summed E-state index contributed by atoms with van der Waals surface area (Å²) in [7, 11) is 0. The smallest absolute Gasteiger partial charge is 0.0780 e. The van der Waals surface area contributed by atoms with Crippen LogP contribution in [0.15, 0.2) is 121 Å². The highest BCUT2D eigenvalue weighted by Gasteiger charge is 2.45. The molecule has 5 aromatic carbocycles. The van der Waals surface area contributed by atoms with Crippen LogP contribution in [0.25, 0.3) is 0 Å². The summed E-state index contributed by atoms with van der Waals surface area (Å²) in [5.74, 6) is 0. The van der Waals surface area contributed by atoms with Crippen LogP contribution >= 0.6 is 0 Å². The van der Waals surface area contributed by atoms with Gasteiger partial charge in [-0.1, -0.05) is 176 Å². The van der Waals surface area contributed by atoms with Crippen molar-refractivity contribution in [2.75, 3.05) is 0 Å². The van der Waals surface area contributed by atoms with Crippen LogP contribution in [0.1, 0.15) is 5.56 Å². The minimum Gasteiger partial charge on any atom is -0.0780 e. The average Bonchev–Trinajstić information content (AvgIpc) is 2.89. The van der Waals surface area contributed by atoms with Gasteiger partial charge in [-0.15, -0.1) is 0 Å². The normalized spacial score (nSPS) is 13.3. The molecule has 0 saturated carbocycles. The van der Waals surface area contributed by atoms with E-state index >= 15 is 0 Å². The molecule has 0 spiro atoms. The van der Waals surface area contributed by atoms with E-state index in [0.29, 0.717) is 0 Å². The Morgan fingerprint density at radius 2 is 0.735 bits per heavy atom. The van der Waals surface area contributed by atoms with Gasteiger partial charge in [-0.25, -0.2) is 0 Å². The lowest BCUT2D eigenvalue weighted by molar-refractivity contribution is 1.51. The highest BCUT2D eigenvalue weighted by molar-refractivity contribution is 7.18. The molecule has 7 rings (SSSR count). The van der Waals surface area contributed by atoms with Crippen LogP contribution in [0.5, 0.6) is 0 Å². The molecule has 156 valence electrons. The molecule has 0 radical (unpaired) electrons. The molecule has 0 nitrogen and oxygen atoms in total. The third-order valence-electron chi connectivity index (χ3n) is 7.80. The molecule has 0 aliphatic carbocycles. The lowest BCUT2D eigenvalue weighted by Crippen LogP contribution is -2.84. The number of aryl methyl sites for hydroxylation is 1. The van der Waals surface area contributed by atoms with E-state index in [1.54, 1.807) is 0 Å². The van der Waals surface area contributed by atoms with Crippen LogP contribution in [-0.4, -0.2) is 20.1 Å². The Morgan fingerprint density at radius 1 is 0.382 bits per heavy atom. The molecule has 0 atom stereocenters. The van der Waals surface area contributed by atoms with Crippen molar-refractivity contribution in [1.29, 1.82) is 0 Å². The molecule has 2 aliphatic heterocycles. The van der Waals surface area contributed by atoms with Gasteiger partial charge in [0.25, 0.3) is 0 Å². The molecule has 0 aromatic heterocycles. The number of fused-ring (bicyclic) bond motifs is 4. The summed E-state index contributed by atoms with van der Waals surface area (Å²) >= 11 is 0. The van der Waals surface area contributed by atoms with Crippen molar-refractivity contribution in [3.05, 3.63) is 127 Å². The van der Waals surface area contributed by atoms with Gasteiger partial charge in [0.15, 0.2) is 0 Å². The first-order valence-electron chi connectivity index (χ1n) is 12.2. The van der Waals surface area contributed by atoms with Gasteiger partial charge in [0.05, 0.1) is 0 Å². The quantitative estimate of drug-likeness (QED) is 0.345. The van der Waals surface area contributed by atoms with E-state index in [-0.39, 0.29) is 20.1 Å². The van der Waals surface area contributed by atoms with Gasteiger partial charge in [-0.05, 0) is 6.92 Å². The van der Waals surface area contributed by atoms with Gasteiger partial charge in [0.1, 0.15) is 0 Å². The maximum Gasteiger partial charge on any atom is 0.240 e. The lowest BCUT2D eigenvalue weighted by atomic mass is 9.14. The molecule has 0 fully saturated rings. The first kappa shape index (κ1) is 19.7. The second-order valence-corrected chi connectivity index (χ2v) is 9.74. The summed E-state index contributed by atoms with van der Waals surface area (Å²) in [6, 6.07) is 45.3. The van der Waals surface area contributed by atoms with Crippen LogP contribution in [-0.2, 0) is 0 Å². The van der Waals surface area contributed by atoms with Crippen molar-refractivity contribution in [3.8, 4) is 0 Å². The predicted molar refractivity (Wildman–Crippen MR) is 151 cm³/mol. The summed E-state index contributed by atoms with van der Waals surface area (Å²) in [5, 5.41) is 0. The van der Waals surface area contributed by atoms with Crippen molar-refractivity contribution in [2.45, 2.75) is 6.92 Å². The molecule has 2 aliphatic rings. The maximum atomic E-state index is 2.45. The Hall–Kier alpha value is -3.71. The summed E-state index contributed by atoms with van der Waals surface area (Å²) < 4.78 is 0. The van der Waals surface area contributed by atoms with E-state index in [1.807, 2.05) is 0 Å². The standard InChI is InChI=1S/C31H23B3/c1-22-20-29-31-30(21-22)33(24-14-6-3-7-15-24)26-17-9-11-19-28(26)34(31)27-18-10-8-16-25(27)32(29)23-12-4-2-5-13-23/h2-21H,1H3. The Bertz CT molecular complexity index is 1410. The van der Waals surface area contributed by atoms with E-state index in [1.165, 1.54) is 54.7 Å². The summed E-state index contributed by atoms with van der Waals surface area (Å²) in [6.07, 6.45) is 0. The zero-order valence-electron chi connectivity index (χ0n) is 19.3. The van der Waals surface area contributed by atoms with Gasteiger partial charge in [0.2, 0.25) is 20.1 Å². The van der Waals surface area contributed by atoms with E-state index in [4.69, 9.17) is 0 Å². The second kappa shape index (κ2) is 7.67. The van der Waals surface area contributed by atoms with Crippen LogP contribution in [0.2, 0.25) is 0 Å². The van der Waals surface area contributed by atoms with Gasteiger partial charge in [-0.3, -0.25) is 0 Å². The number of hydrogen-bond acceptors (Lipinski definition) is 0. The molecule has 5 aromatic rings. The minimum absolute atomic E-state index is 0.254. The van der Waals surface area contributed by atoms with Crippen LogP contribution < -0.4 is 49.2 Å². The van der Waals surface area contributed by atoms with Crippen LogP contribution in [0.3, 0.4) is 0 Å². The zero-order chi connectivity index (χ0) is 22.6. The Labute approximate surface area is 202 Å². The second-order valence-electron chi connectivity index (χ2n) is 9.74. The molecular formula is C31H23B3. The van der Waals surface area contributed by atoms with Crippen molar-refractivity contribution >= 4 is 69.3 Å². The Morgan fingerprint density at radius 3 is 1.15 bits per heavy atom. The molecule has 0 N–H and O–H groups in total. The minimum atomic E-state index is 0.254. The fraction of sp³-hybridized carbons (Fsp3) is 0.0323. The van der Waals surface area contributed by atoms with Crippen molar-refractivity contribution < 1.29 is 0 Å². The Kier molecular flexibility index (Phi) is 4.45. The molecule has 0 amide bonds. The fourth-order valence-electron chi connectivity index (χ4n) is 6.56. The molecule has 3 heteroatoms. The van der Waals surface area contributed by atoms with E-state index < -0.39 is 0 Å². The van der Waals surface area contributed by atoms with Gasteiger partial charge >= 0.3 is 0 Å². The number of benzene rings is 5. The first-order chi connectivity index (χ1) is 16.8. The topological polar surface area (TPSA) is 0 Å². The molecule has 34 heavy (non-hydrogen) atoms. The molecule has 0 unspecified atom stereocenters. The summed E-state index contributed by atoms with van der Waals surface area (Å²) in [6.45, 7) is 3.04. The summed E-state index contributed by atoms with van der Waals surface area (Å²) in [5.41, 5.74) is 14.3. The van der Waals surface area contributed by atoms with E-state index in [9.17, 15) is 0 Å². The van der Waals surface area contributed by atoms with Crippen LogP contribution in [0.4, 0.5) is 0 Å². The fourth-order valence-corrected chi connectivity index (χ4v) is 6.56. The van der Waals surface area contributed by atoms with Crippen molar-refractivity contribution in [1.82, 2.24) is 0 Å². The average molecular weight is 428 g/mol. The molecule has 2 heterocycles. The Balaban J connectivity index is 1.60. The van der Waals surface area contributed by atoms with E-state index in [2.05, 4.69) is 128 Å². The van der Waals surface area contributed by atoms with Crippen LogP contribution in [0, 0.1) is 6.92 Å². The third kappa shape index (κ3) is 2.83. The first-order valence-corrected chi connectivity index (χ1v) is 12.2. The van der Waals surface area contributed by atoms with Gasteiger partial charge in [0, 0.05) is 0 Å². The van der Waals surface area contributed by atoms with Gasteiger partial charge in [-0.2, -0.15) is 0 Å². The highest BCUT2D eigenvalue weighted by atomic mass is 14.2. The third-order valence-corrected chi connectivity index (χ3v) is 7.80. The zero-order valence-corrected chi connectivity index (χ0v) is 19.3. The van der Waals surface area contributed by atoms with Crippen molar-refractivity contribution in [2.24, 2.45) is 0 Å². The number of rotatable bonds is 2. The highest BCUT2D eigenvalue weighted by Crippen LogP contribution is 2.08.